The quantitative estimate of drug-likeness (QED) is 0.717. The standard InChI is InChI=1S/C13H22N2O2/c1-4-5-17-13-7-11(14)6-12(8-13)15-10(2)9-16-3/h6-8,10,15H,4-5,9,14H2,1-3H3. The number of rotatable bonds is 7. The lowest BCUT2D eigenvalue weighted by atomic mass is 10.2. The maximum atomic E-state index is 5.83. The number of nitrogens with two attached hydrogens (primary N) is 1. The molecule has 0 heterocycles. The van der Waals surface area contributed by atoms with Crippen molar-refractivity contribution in [2.24, 2.45) is 0 Å². The van der Waals surface area contributed by atoms with E-state index in [0.29, 0.717) is 18.9 Å². The van der Waals surface area contributed by atoms with Crippen molar-refractivity contribution in [1.82, 2.24) is 0 Å². The summed E-state index contributed by atoms with van der Waals surface area (Å²) in [6, 6.07) is 5.92. The van der Waals surface area contributed by atoms with Gasteiger partial charge in [0.25, 0.3) is 0 Å². The van der Waals surface area contributed by atoms with E-state index in [2.05, 4.69) is 19.2 Å². The van der Waals surface area contributed by atoms with Crippen LogP contribution >= 0.6 is 0 Å². The van der Waals surface area contributed by atoms with Crippen molar-refractivity contribution >= 4 is 11.4 Å². The number of nitrogens with one attached hydrogen (secondary N) is 1. The van der Waals surface area contributed by atoms with Gasteiger partial charge < -0.3 is 20.5 Å². The maximum Gasteiger partial charge on any atom is 0.123 e. The SMILES string of the molecule is CCCOc1cc(N)cc(NC(C)COC)c1. The summed E-state index contributed by atoms with van der Waals surface area (Å²) in [5.74, 6) is 0.805. The Labute approximate surface area is 103 Å². The number of benzene rings is 1. The Balaban J connectivity index is 2.67. The molecule has 1 unspecified atom stereocenters. The molecule has 1 rings (SSSR count). The third-order valence-electron chi connectivity index (χ3n) is 2.23. The van der Waals surface area contributed by atoms with Crippen LogP contribution in [0.15, 0.2) is 18.2 Å². The minimum absolute atomic E-state index is 0.237. The molecule has 1 atom stereocenters. The smallest absolute Gasteiger partial charge is 0.123 e. The first-order chi connectivity index (χ1) is 8.15. The lowest BCUT2D eigenvalue weighted by Gasteiger charge is -2.16. The summed E-state index contributed by atoms with van der Waals surface area (Å²) in [4.78, 5) is 0. The number of methoxy groups -OCH3 is 1. The molecule has 4 nitrogen and oxygen atoms in total. The Kier molecular flexibility index (Phi) is 5.63. The first kappa shape index (κ1) is 13.6. The van der Waals surface area contributed by atoms with Crippen LogP contribution in [0.4, 0.5) is 11.4 Å². The Hall–Kier alpha value is -1.42. The van der Waals surface area contributed by atoms with Crippen molar-refractivity contribution in [2.75, 3.05) is 31.4 Å². The zero-order valence-electron chi connectivity index (χ0n) is 10.8. The number of hydrogen-bond acceptors (Lipinski definition) is 4. The highest BCUT2D eigenvalue weighted by atomic mass is 16.5. The van der Waals surface area contributed by atoms with Gasteiger partial charge in [0, 0.05) is 36.7 Å². The van der Waals surface area contributed by atoms with E-state index in [9.17, 15) is 0 Å². The van der Waals surface area contributed by atoms with Crippen molar-refractivity contribution in [3.05, 3.63) is 18.2 Å². The number of hydrogen-bond donors (Lipinski definition) is 2. The zero-order chi connectivity index (χ0) is 12.7. The second-order valence-electron chi connectivity index (χ2n) is 4.14. The predicted molar refractivity (Wildman–Crippen MR) is 71.6 cm³/mol. The second kappa shape index (κ2) is 7.01. The first-order valence-corrected chi connectivity index (χ1v) is 5.94. The van der Waals surface area contributed by atoms with Crippen LogP contribution in [-0.4, -0.2) is 26.4 Å². The Bertz CT molecular complexity index is 342. The topological polar surface area (TPSA) is 56.5 Å². The van der Waals surface area contributed by atoms with E-state index >= 15 is 0 Å². The van der Waals surface area contributed by atoms with E-state index in [1.807, 2.05) is 18.2 Å². The van der Waals surface area contributed by atoms with Crippen molar-refractivity contribution in [3.63, 3.8) is 0 Å². The largest absolute Gasteiger partial charge is 0.493 e. The minimum atomic E-state index is 0.237. The van der Waals surface area contributed by atoms with Crippen LogP contribution in [0.5, 0.6) is 5.75 Å². The summed E-state index contributed by atoms with van der Waals surface area (Å²) in [5.41, 5.74) is 7.49. The zero-order valence-corrected chi connectivity index (χ0v) is 10.8. The molecule has 3 N–H and O–H groups in total. The van der Waals surface area contributed by atoms with Crippen molar-refractivity contribution in [1.29, 1.82) is 0 Å². The highest BCUT2D eigenvalue weighted by Gasteiger charge is 2.04. The van der Waals surface area contributed by atoms with Crippen LogP contribution in [0.25, 0.3) is 0 Å². The van der Waals surface area contributed by atoms with Gasteiger partial charge in [0.2, 0.25) is 0 Å². The fourth-order valence-electron chi connectivity index (χ4n) is 1.58. The van der Waals surface area contributed by atoms with Gasteiger partial charge in [-0.25, -0.2) is 0 Å². The van der Waals surface area contributed by atoms with Gasteiger partial charge in [-0.1, -0.05) is 6.92 Å². The molecule has 0 spiro atoms. The highest BCUT2D eigenvalue weighted by molar-refractivity contribution is 5.59. The molecule has 0 radical (unpaired) electrons. The van der Waals surface area contributed by atoms with Crippen molar-refractivity contribution < 1.29 is 9.47 Å². The summed E-state index contributed by atoms with van der Waals surface area (Å²) in [6.45, 7) is 5.49. The third-order valence-corrected chi connectivity index (χ3v) is 2.23. The van der Waals surface area contributed by atoms with Gasteiger partial charge in [-0.15, -0.1) is 0 Å². The van der Waals surface area contributed by atoms with E-state index in [1.54, 1.807) is 7.11 Å². The molecule has 1 aromatic carbocycles. The molecule has 0 saturated heterocycles. The van der Waals surface area contributed by atoms with Gasteiger partial charge in [-0.3, -0.25) is 0 Å². The molecule has 0 amide bonds. The van der Waals surface area contributed by atoms with Gasteiger partial charge >= 0.3 is 0 Å². The molecule has 17 heavy (non-hydrogen) atoms. The maximum absolute atomic E-state index is 5.83. The Morgan fingerprint density at radius 3 is 2.76 bits per heavy atom. The van der Waals surface area contributed by atoms with Gasteiger partial charge in [0.05, 0.1) is 13.2 Å². The van der Waals surface area contributed by atoms with E-state index in [-0.39, 0.29) is 6.04 Å². The van der Waals surface area contributed by atoms with Crippen LogP contribution < -0.4 is 15.8 Å². The number of nitrogen functional groups attached to an aromatic ring is 1. The molecule has 1 aromatic rings. The fraction of sp³-hybridized carbons (Fsp3) is 0.538. The average Bonchev–Trinajstić information content (AvgIpc) is 2.25. The van der Waals surface area contributed by atoms with E-state index in [0.717, 1.165) is 17.9 Å². The number of ether oxygens (including phenoxy) is 2. The van der Waals surface area contributed by atoms with Gasteiger partial charge in [-0.05, 0) is 19.4 Å². The van der Waals surface area contributed by atoms with Gasteiger partial charge in [0.15, 0.2) is 0 Å². The van der Waals surface area contributed by atoms with Gasteiger partial charge in [0.1, 0.15) is 5.75 Å². The molecule has 0 aliphatic heterocycles. The summed E-state index contributed by atoms with van der Waals surface area (Å²) in [7, 11) is 1.69. The molecule has 96 valence electrons. The van der Waals surface area contributed by atoms with Crippen LogP contribution in [0.2, 0.25) is 0 Å². The Morgan fingerprint density at radius 1 is 1.35 bits per heavy atom. The van der Waals surface area contributed by atoms with Crippen LogP contribution in [0, 0.1) is 0 Å². The molecule has 0 aliphatic rings. The molecule has 0 saturated carbocycles. The third kappa shape index (κ3) is 4.95. The van der Waals surface area contributed by atoms with Crippen LogP contribution in [-0.2, 0) is 4.74 Å². The van der Waals surface area contributed by atoms with Crippen LogP contribution in [0.1, 0.15) is 20.3 Å². The molecular weight excluding hydrogens is 216 g/mol. The van der Waals surface area contributed by atoms with Crippen LogP contribution in [0.3, 0.4) is 0 Å². The number of anilines is 2. The minimum Gasteiger partial charge on any atom is -0.493 e. The fourth-order valence-corrected chi connectivity index (χ4v) is 1.58. The lowest BCUT2D eigenvalue weighted by Crippen LogP contribution is -2.20. The summed E-state index contributed by atoms with van der Waals surface area (Å²) in [6.07, 6.45) is 0.984. The predicted octanol–water partition coefficient (Wildman–Crippen LogP) is 2.50. The van der Waals surface area contributed by atoms with Crippen molar-refractivity contribution in [3.8, 4) is 5.75 Å². The average molecular weight is 238 g/mol. The van der Waals surface area contributed by atoms with E-state index in [1.165, 1.54) is 0 Å². The molecule has 4 heteroatoms. The van der Waals surface area contributed by atoms with E-state index in [4.69, 9.17) is 15.2 Å². The Morgan fingerprint density at radius 2 is 2.12 bits per heavy atom. The first-order valence-electron chi connectivity index (χ1n) is 5.94. The summed E-state index contributed by atoms with van der Waals surface area (Å²) >= 11 is 0. The van der Waals surface area contributed by atoms with Gasteiger partial charge in [-0.2, -0.15) is 0 Å². The summed E-state index contributed by atoms with van der Waals surface area (Å²) < 4.78 is 10.6. The second-order valence-corrected chi connectivity index (χ2v) is 4.14. The van der Waals surface area contributed by atoms with Crippen molar-refractivity contribution in [2.45, 2.75) is 26.3 Å². The lowest BCUT2D eigenvalue weighted by molar-refractivity contribution is 0.190. The highest BCUT2D eigenvalue weighted by Crippen LogP contribution is 2.23. The monoisotopic (exact) mass is 238 g/mol. The molecule has 0 fully saturated rings. The normalized spacial score (nSPS) is 12.2. The molecule has 0 aliphatic carbocycles. The summed E-state index contributed by atoms with van der Waals surface area (Å²) in [5, 5.41) is 3.32. The molecule has 0 bridgehead atoms. The van der Waals surface area contributed by atoms with E-state index < -0.39 is 0 Å². The molecule has 0 aromatic heterocycles. The molecular formula is C13H22N2O2.